The van der Waals surface area contributed by atoms with E-state index in [1.807, 2.05) is 0 Å². The molecule has 0 aromatic rings. The molecule has 0 amide bonds. The third-order valence-electron chi connectivity index (χ3n) is 1.96. The van der Waals surface area contributed by atoms with Crippen molar-refractivity contribution in [2.24, 2.45) is 5.41 Å². The Morgan fingerprint density at radius 1 is 0.727 bits per heavy atom. The molecule has 0 atom stereocenters. The molecule has 68 valence electrons. The topological polar surface area (TPSA) is 80.9 Å². The van der Waals surface area contributed by atoms with Gasteiger partial charge in [-0.15, -0.1) is 0 Å². The summed E-state index contributed by atoms with van der Waals surface area (Å²) in [6, 6.07) is 0. The van der Waals surface area contributed by atoms with E-state index in [4.69, 9.17) is 20.4 Å². The van der Waals surface area contributed by atoms with Crippen molar-refractivity contribution in [3.63, 3.8) is 0 Å². The number of hydrogen-bond donors (Lipinski definition) is 4. The molecule has 4 N–H and O–H groups in total. The maximum Gasteiger partial charge on any atom is 0.0511 e. The fraction of sp³-hybridized carbons (Fsp3) is 1.00. The first-order valence-electron chi connectivity index (χ1n) is 3.68. The van der Waals surface area contributed by atoms with Crippen LogP contribution >= 0.6 is 0 Å². The van der Waals surface area contributed by atoms with Crippen LogP contribution in [0, 0.1) is 5.41 Å². The second-order valence-electron chi connectivity index (χ2n) is 2.76. The lowest BCUT2D eigenvalue weighted by Gasteiger charge is -2.27. The Bertz CT molecular complexity index is 82.4. The lowest BCUT2D eigenvalue weighted by atomic mass is 9.83. The molecule has 4 heteroatoms. The standard InChI is InChI=1S/C7H16O4/c8-3-1-7(5-10,6-11)2-4-9/h8-11H,1-6H2. The van der Waals surface area contributed by atoms with Crippen LogP contribution in [0.2, 0.25) is 0 Å². The van der Waals surface area contributed by atoms with Gasteiger partial charge in [0.25, 0.3) is 0 Å². The van der Waals surface area contributed by atoms with Gasteiger partial charge in [0.15, 0.2) is 0 Å². The van der Waals surface area contributed by atoms with Gasteiger partial charge >= 0.3 is 0 Å². The second kappa shape index (κ2) is 5.49. The molecular formula is C7H16O4. The summed E-state index contributed by atoms with van der Waals surface area (Å²) >= 11 is 0. The summed E-state index contributed by atoms with van der Waals surface area (Å²) in [7, 11) is 0. The average molecular weight is 164 g/mol. The van der Waals surface area contributed by atoms with E-state index in [1.165, 1.54) is 0 Å². The Morgan fingerprint density at radius 3 is 1.27 bits per heavy atom. The van der Waals surface area contributed by atoms with Crippen molar-refractivity contribution in [1.29, 1.82) is 0 Å². The Morgan fingerprint density at radius 2 is 1.09 bits per heavy atom. The summed E-state index contributed by atoms with van der Waals surface area (Å²) in [6.07, 6.45) is 0.640. The average Bonchev–Trinajstić information content (AvgIpc) is 2.04. The second-order valence-corrected chi connectivity index (χ2v) is 2.76. The van der Waals surface area contributed by atoms with E-state index in [9.17, 15) is 0 Å². The lowest BCUT2D eigenvalue weighted by Crippen LogP contribution is -2.32. The monoisotopic (exact) mass is 164 g/mol. The van der Waals surface area contributed by atoms with Crippen molar-refractivity contribution >= 4 is 0 Å². The Labute approximate surface area is 66.1 Å². The smallest absolute Gasteiger partial charge is 0.0511 e. The van der Waals surface area contributed by atoms with Crippen molar-refractivity contribution in [2.75, 3.05) is 26.4 Å². The Hall–Kier alpha value is -0.160. The number of aliphatic hydroxyl groups excluding tert-OH is 4. The zero-order valence-corrected chi connectivity index (χ0v) is 6.53. The molecule has 0 heterocycles. The number of aliphatic hydroxyl groups is 4. The van der Waals surface area contributed by atoms with Crippen LogP contribution in [0.3, 0.4) is 0 Å². The summed E-state index contributed by atoms with van der Waals surface area (Å²) in [6.45, 7) is -0.572. The molecule has 0 radical (unpaired) electrons. The van der Waals surface area contributed by atoms with Gasteiger partial charge in [-0.3, -0.25) is 0 Å². The van der Waals surface area contributed by atoms with Crippen molar-refractivity contribution in [1.82, 2.24) is 0 Å². The molecule has 0 saturated carbocycles. The molecule has 0 spiro atoms. The molecule has 0 aromatic carbocycles. The summed E-state index contributed by atoms with van der Waals surface area (Å²) in [5.74, 6) is 0. The molecule has 0 bridgehead atoms. The molecule has 0 rings (SSSR count). The first kappa shape index (κ1) is 10.8. The summed E-state index contributed by atoms with van der Waals surface area (Å²) in [5.41, 5.74) is -0.705. The summed E-state index contributed by atoms with van der Waals surface area (Å²) in [5, 5.41) is 34.9. The first-order valence-corrected chi connectivity index (χ1v) is 3.68. The van der Waals surface area contributed by atoms with Gasteiger partial charge in [-0.25, -0.2) is 0 Å². The van der Waals surface area contributed by atoms with Crippen molar-refractivity contribution in [3.05, 3.63) is 0 Å². The van der Waals surface area contributed by atoms with Crippen LogP contribution in [0.5, 0.6) is 0 Å². The van der Waals surface area contributed by atoms with Crippen LogP contribution in [0.25, 0.3) is 0 Å². The van der Waals surface area contributed by atoms with Crippen LogP contribution in [-0.4, -0.2) is 46.9 Å². The van der Waals surface area contributed by atoms with Gasteiger partial charge in [0, 0.05) is 18.6 Å². The van der Waals surface area contributed by atoms with Crippen molar-refractivity contribution < 1.29 is 20.4 Å². The molecule has 0 saturated heterocycles. The highest BCUT2D eigenvalue weighted by molar-refractivity contribution is 4.76. The van der Waals surface area contributed by atoms with Crippen LogP contribution in [0.4, 0.5) is 0 Å². The predicted molar refractivity (Wildman–Crippen MR) is 40.0 cm³/mol. The maximum atomic E-state index is 8.86. The molecular weight excluding hydrogens is 148 g/mol. The highest BCUT2D eigenvalue weighted by atomic mass is 16.3. The SMILES string of the molecule is OCCC(CO)(CO)CCO. The molecule has 0 fully saturated rings. The normalized spacial score (nSPS) is 12.0. The molecule has 0 aliphatic carbocycles. The molecule has 0 aliphatic heterocycles. The first-order chi connectivity index (χ1) is 5.24. The van der Waals surface area contributed by atoms with Gasteiger partial charge < -0.3 is 20.4 Å². The van der Waals surface area contributed by atoms with Gasteiger partial charge in [0.2, 0.25) is 0 Å². The molecule has 4 nitrogen and oxygen atoms in total. The fourth-order valence-electron chi connectivity index (χ4n) is 0.966. The molecule has 0 aliphatic rings. The molecule has 11 heavy (non-hydrogen) atoms. The van der Waals surface area contributed by atoms with E-state index in [0.29, 0.717) is 12.8 Å². The zero-order chi connectivity index (χ0) is 8.74. The van der Waals surface area contributed by atoms with E-state index < -0.39 is 5.41 Å². The number of hydrogen-bond acceptors (Lipinski definition) is 4. The minimum atomic E-state index is -0.705. The van der Waals surface area contributed by atoms with Gasteiger partial charge in [0.05, 0.1) is 13.2 Å². The largest absolute Gasteiger partial charge is 0.396 e. The van der Waals surface area contributed by atoms with Crippen molar-refractivity contribution in [2.45, 2.75) is 12.8 Å². The minimum absolute atomic E-state index is 0.0822. The van der Waals surface area contributed by atoms with E-state index in [0.717, 1.165) is 0 Å². The zero-order valence-electron chi connectivity index (χ0n) is 6.53. The van der Waals surface area contributed by atoms with E-state index >= 15 is 0 Å². The quantitative estimate of drug-likeness (QED) is 0.394. The fourth-order valence-corrected chi connectivity index (χ4v) is 0.966. The van der Waals surface area contributed by atoms with Gasteiger partial charge in [-0.1, -0.05) is 0 Å². The third-order valence-corrected chi connectivity index (χ3v) is 1.96. The Balaban J connectivity index is 3.96. The van der Waals surface area contributed by atoms with Crippen LogP contribution in [0.1, 0.15) is 12.8 Å². The molecule has 0 aromatic heterocycles. The lowest BCUT2D eigenvalue weighted by molar-refractivity contribution is 0.0133. The van der Waals surface area contributed by atoms with Crippen molar-refractivity contribution in [3.8, 4) is 0 Å². The molecule has 0 unspecified atom stereocenters. The third kappa shape index (κ3) is 3.16. The van der Waals surface area contributed by atoms with Gasteiger partial charge in [-0.2, -0.15) is 0 Å². The van der Waals surface area contributed by atoms with E-state index in [1.54, 1.807) is 0 Å². The Kier molecular flexibility index (Phi) is 5.41. The van der Waals surface area contributed by atoms with Gasteiger partial charge in [-0.05, 0) is 12.8 Å². The number of rotatable bonds is 6. The van der Waals surface area contributed by atoms with Crippen LogP contribution in [0.15, 0.2) is 0 Å². The highest BCUT2D eigenvalue weighted by Gasteiger charge is 2.27. The van der Waals surface area contributed by atoms with Gasteiger partial charge in [0.1, 0.15) is 0 Å². The van der Waals surface area contributed by atoms with E-state index in [-0.39, 0.29) is 26.4 Å². The van der Waals surface area contributed by atoms with E-state index in [2.05, 4.69) is 0 Å². The summed E-state index contributed by atoms with van der Waals surface area (Å²) in [4.78, 5) is 0. The highest BCUT2D eigenvalue weighted by Crippen LogP contribution is 2.24. The van der Waals surface area contributed by atoms with Crippen LogP contribution in [-0.2, 0) is 0 Å². The minimum Gasteiger partial charge on any atom is -0.396 e. The predicted octanol–water partition coefficient (Wildman–Crippen LogP) is -1.28. The van der Waals surface area contributed by atoms with Crippen LogP contribution < -0.4 is 0 Å². The summed E-state index contributed by atoms with van der Waals surface area (Å²) < 4.78 is 0. The maximum absolute atomic E-state index is 8.86.